The Morgan fingerprint density at radius 1 is 1.19 bits per heavy atom. The number of benzene rings is 1. The number of rotatable bonds is 9. The number of nitrogens with zero attached hydrogens (tertiary/aromatic N) is 1. The molecule has 0 fully saturated rings. The van der Waals surface area contributed by atoms with Gasteiger partial charge in [-0.2, -0.15) is 0 Å². The van der Waals surface area contributed by atoms with Crippen LogP contribution in [0, 0.1) is 5.92 Å². The number of nitrogens with one attached hydrogen (secondary N) is 1. The molecule has 1 rings (SSSR count). The highest BCUT2D eigenvalue weighted by molar-refractivity contribution is 7.89. The summed E-state index contributed by atoms with van der Waals surface area (Å²) in [5.74, 6) is -0.998. The zero-order valence-corrected chi connectivity index (χ0v) is 17.1. The molecule has 0 spiro atoms. The van der Waals surface area contributed by atoms with Crippen LogP contribution >= 0.6 is 0 Å². The van der Waals surface area contributed by atoms with Gasteiger partial charge in [0.15, 0.2) is 6.61 Å². The van der Waals surface area contributed by atoms with Crippen LogP contribution in [-0.4, -0.2) is 58.7 Å². The van der Waals surface area contributed by atoms with Crippen molar-refractivity contribution in [3.8, 4) is 5.75 Å². The molecule has 27 heavy (non-hydrogen) atoms. The number of esters is 1. The number of sulfonamides is 1. The first kappa shape index (κ1) is 22.9. The van der Waals surface area contributed by atoms with Gasteiger partial charge in [-0.15, -0.1) is 0 Å². The lowest BCUT2D eigenvalue weighted by Crippen LogP contribution is -2.38. The average Bonchev–Trinajstić information content (AvgIpc) is 2.64. The third-order valence-electron chi connectivity index (χ3n) is 4.00. The maximum Gasteiger partial charge on any atom is 0.338 e. The molecule has 0 aliphatic carbocycles. The molecule has 1 atom stereocenters. The topological polar surface area (TPSA) is 111 Å². The molecule has 1 N–H and O–H groups in total. The summed E-state index contributed by atoms with van der Waals surface area (Å²) in [6.07, 6.45) is 0. The fourth-order valence-electron chi connectivity index (χ4n) is 1.92. The van der Waals surface area contributed by atoms with Gasteiger partial charge >= 0.3 is 5.97 Å². The van der Waals surface area contributed by atoms with E-state index in [0.29, 0.717) is 4.47 Å². The maximum atomic E-state index is 12.5. The van der Waals surface area contributed by atoms with Crippen molar-refractivity contribution in [2.75, 3.05) is 27.9 Å². The van der Waals surface area contributed by atoms with Gasteiger partial charge in [-0.25, -0.2) is 13.2 Å². The molecule has 1 aromatic carbocycles. The minimum absolute atomic E-state index is 0.0383. The van der Waals surface area contributed by atoms with E-state index >= 15 is 0 Å². The lowest BCUT2D eigenvalue weighted by atomic mass is 10.1. The number of hydrogen-bond donors (Lipinski definition) is 1. The Morgan fingerprint density at radius 3 is 2.33 bits per heavy atom. The Hall–Kier alpha value is -2.17. The molecule has 0 aromatic heterocycles. The smallest absolute Gasteiger partial charge is 0.338 e. The lowest BCUT2D eigenvalue weighted by Gasteiger charge is -2.18. The third kappa shape index (κ3) is 5.91. The fourth-order valence-corrected chi connectivity index (χ4v) is 3.07. The summed E-state index contributed by atoms with van der Waals surface area (Å²) in [6, 6.07) is 3.72. The summed E-state index contributed by atoms with van der Waals surface area (Å²) in [7, 11) is -0.339. The molecule has 0 heterocycles. The van der Waals surface area contributed by atoms with Crippen molar-refractivity contribution in [2.45, 2.75) is 31.7 Å². The number of hydroxylamine groups is 1. The van der Waals surface area contributed by atoms with E-state index in [1.165, 1.54) is 33.4 Å². The van der Waals surface area contributed by atoms with E-state index in [1.54, 1.807) is 0 Å². The second-order valence-corrected chi connectivity index (χ2v) is 8.04. The molecule has 0 radical (unpaired) electrons. The highest BCUT2D eigenvalue weighted by atomic mass is 32.2. The Kier molecular flexibility index (Phi) is 8.20. The summed E-state index contributed by atoms with van der Waals surface area (Å²) >= 11 is 0. The van der Waals surface area contributed by atoms with Gasteiger partial charge in [-0.05, 0) is 31.0 Å². The molecule has 152 valence electrons. The van der Waals surface area contributed by atoms with Crippen LogP contribution in [0.1, 0.15) is 31.1 Å². The van der Waals surface area contributed by atoms with Crippen LogP contribution in [-0.2, 0) is 24.4 Å². The molecule has 1 aromatic rings. The van der Waals surface area contributed by atoms with Gasteiger partial charge in [0.1, 0.15) is 10.6 Å². The van der Waals surface area contributed by atoms with E-state index in [9.17, 15) is 18.0 Å². The summed E-state index contributed by atoms with van der Waals surface area (Å²) < 4.78 is 35.6. The van der Waals surface area contributed by atoms with E-state index < -0.39 is 28.5 Å². The van der Waals surface area contributed by atoms with Crippen LogP contribution in [0.5, 0.6) is 5.75 Å². The van der Waals surface area contributed by atoms with Crippen LogP contribution in [0.25, 0.3) is 0 Å². The number of methoxy groups -OCH3 is 1. The van der Waals surface area contributed by atoms with Gasteiger partial charge in [-0.3, -0.25) is 9.63 Å². The van der Waals surface area contributed by atoms with Crippen molar-refractivity contribution in [3.05, 3.63) is 23.8 Å². The van der Waals surface area contributed by atoms with E-state index in [4.69, 9.17) is 14.3 Å². The zero-order valence-electron chi connectivity index (χ0n) is 16.3. The molecular weight excluding hydrogens is 376 g/mol. The molecule has 0 aliphatic heterocycles. The third-order valence-corrected chi connectivity index (χ3v) is 5.70. The number of amides is 1. The maximum absolute atomic E-state index is 12.5. The van der Waals surface area contributed by atoms with Gasteiger partial charge in [0, 0.05) is 13.1 Å². The lowest BCUT2D eigenvalue weighted by molar-refractivity contribution is -0.125. The van der Waals surface area contributed by atoms with Crippen LogP contribution in [0.15, 0.2) is 23.1 Å². The Balaban J connectivity index is 2.96. The van der Waals surface area contributed by atoms with Crippen molar-refractivity contribution >= 4 is 21.9 Å². The Morgan fingerprint density at radius 2 is 1.81 bits per heavy atom. The minimum atomic E-state index is -4.05. The van der Waals surface area contributed by atoms with Gasteiger partial charge in [-0.1, -0.05) is 18.3 Å². The van der Waals surface area contributed by atoms with Crippen molar-refractivity contribution in [2.24, 2.45) is 5.92 Å². The molecular formula is C17H26N2O7S. The van der Waals surface area contributed by atoms with E-state index in [0.717, 1.165) is 6.07 Å². The number of ether oxygens (including phenoxy) is 2. The molecule has 0 saturated heterocycles. The minimum Gasteiger partial charge on any atom is -0.495 e. The first-order chi connectivity index (χ1) is 12.5. The molecule has 0 bridgehead atoms. The molecule has 0 saturated carbocycles. The van der Waals surface area contributed by atoms with Gasteiger partial charge in [0.25, 0.3) is 15.9 Å². The molecule has 9 nitrogen and oxygen atoms in total. The van der Waals surface area contributed by atoms with Crippen molar-refractivity contribution < 1.29 is 32.3 Å². The normalized spacial score (nSPS) is 12.7. The van der Waals surface area contributed by atoms with E-state index in [-0.39, 0.29) is 28.2 Å². The molecule has 0 unspecified atom stereocenters. The van der Waals surface area contributed by atoms with Gasteiger partial charge in [0.05, 0.1) is 19.8 Å². The molecule has 1 amide bonds. The predicted octanol–water partition coefficient (Wildman–Crippen LogP) is 1.19. The highest BCUT2D eigenvalue weighted by Crippen LogP contribution is 2.27. The fraction of sp³-hybridized carbons (Fsp3) is 0.529. The number of carbonyl (C=O) groups excluding carboxylic acids is 2. The number of hydrogen-bond acceptors (Lipinski definition) is 7. The van der Waals surface area contributed by atoms with Gasteiger partial charge < -0.3 is 14.8 Å². The Labute approximate surface area is 159 Å². The summed E-state index contributed by atoms with van der Waals surface area (Å²) in [5.41, 5.74) is -0.0383. The summed E-state index contributed by atoms with van der Waals surface area (Å²) in [5, 5.41) is 2.71. The number of carbonyl (C=O) groups is 2. The summed E-state index contributed by atoms with van der Waals surface area (Å²) in [4.78, 5) is 28.5. The predicted molar refractivity (Wildman–Crippen MR) is 97.7 cm³/mol. The highest BCUT2D eigenvalue weighted by Gasteiger charge is 2.27. The SMILES string of the molecule is COc1ccc(C(=O)OCC(=O)N[C@@H](C)C(C)C)cc1S(=O)(=O)N(C)OC. The quantitative estimate of drug-likeness (QED) is 0.488. The largest absolute Gasteiger partial charge is 0.495 e. The van der Waals surface area contributed by atoms with E-state index in [1.807, 2.05) is 20.8 Å². The van der Waals surface area contributed by atoms with Crippen molar-refractivity contribution in [1.29, 1.82) is 0 Å². The average molecular weight is 402 g/mol. The first-order valence-corrected chi connectivity index (χ1v) is 9.66. The van der Waals surface area contributed by atoms with E-state index in [2.05, 4.69) is 5.32 Å². The standard InChI is InChI=1S/C17H26N2O7S/c1-11(2)12(3)18-16(20)10-26-17(21)13-7-8-14(24-5)15(9-13)27(22,23)19(4)25-6/h7-9,11-12H,10H2,1-6H3,(H,18,20)/t12-/m0/s1. The molecule has 0 aliphatic rings. The summed E-state index contributed by atoms with van der Waals surface area (Å²) in [6.45, 7) is 5.28. The van der Waals surface area contributed by atoms with Crippen LogP contribution < -0.4 is 10.1 Å². The van der Waals surface area contributed by atoms with Crippen LogP contribution in [0.2, 0.25) is 0 Å². The zero-order chi connectivity index (χ0) is 20.8. The van der Waals surface area contributed by atoms with Crippen molar-refractivity contribution in [3.63, 3.8) is 0 Å². The monoisotopic (exact) mass is 402 g/mol. The van der Waals surface area contributed by atoms with Crippen LogP contribution in [0.4, 0.5) is 0 Å². The second-order valence-electron chi connectivity index (χ2n) is 6.14. The first-order valence-electron chi connectivity index (χ1n) is 8.22. The van der Waals surface area contributed by atoms with Crippen molar-refractivity contribution in [1.82, 2.24) is 9.79 Å². The molecule has 10 heteroatoms. The van der Waals surface area contributed by atoms with Gasteiger partial charge in [0.2, 0.25) is 0 Å². The Bertz CT molecular complexity index is 777. The second kappa shape index (κ2) is 9.67. The van der Waals surface area contributed by atoms with Crippen LogP contribution in [0.3, 0.4) is 0 Å².